The first-order valence-electron chi connectivity index (χ1n) is 10.5. The van der Waals surface area contributed by atoms with E-state index in [4.69, 9.17) is 9.47 Å². The van der Waals surface area contributed by atoms with Gasteiger partial charge in [0.05, 0.1) is 23.7 Å². The fraction of sp³-hybridized carbons (Fsp3) is 0.455. The minimum Gasteiger partial charge on any atom is -0.444 e. The number of benzene rings is 1. The van der Waals surface area contributed by atoms with E-state index in [0.717, 1.165) is 11.8 Å². The molecule has 2 amide bonds. The van der Waals surface area contributed by atoms with Gasteiger partial charge in [-0.3, -0.25) is 4.79 Å². The van der Waals surface area contributed by atoms with Crippen molar-refractivity contribution in [2.24, 2.45) is 0 Å². The number of alkyl carbamates (subject to hydrolysis) is 1. The third-order valence-electron chi connectivity index (χ3n) is 4.70. The smallest absolute Gasteiger partial charge is 0.407 e. The number of ether oxygens (including phenoxy) is 2. The highest BCUT2D eigenvalue weighted by molar-refractivity contribution is 7.90. The van der Waals surface area contributed by atoms with Crippen molar-refractivity contribution < 1.29 is 27.5 Å². The lowest BCUT2D eigenvalue weighted by Gasteiger charge is -2.30. The van der Waals surface area contributed by atoms with Crippen LogP contribution in [0.5, 0.6) is 11.6 Å². The summed E-state index contributed by atoms with van der Waals surface area (Å²) in [7, 11) is -3.22. The van der Waals surface area contributed by atoms with Crippen LogP contribution in [0.1, 0.15) is 38.4 Å². The molecule has 1 aromatic heterocycles. The van der Waals surface area contributed by atoms with Gasteiger partial charge in [-0.15, -0.1) is 0 Å². The SMILES string of the molecule is CC(C)(C)OC(=O)NCc1cc(Oc2cccc3c2CCC(=O)N3CCS(C)(=O)=O)ncn1. The van der Waals surface area contributed by atoms with E-state index in [-0.39, 0.29) is 37.1 Å². The molecule has 0 aliphatic carbocycles. The third-order valence-corrected chi connectivity index (χ3v) is 5.62. The van der Waals surface area contributed by atoms with Crippen LogP contribution >= 0.6 is 0 Å². The second-order valence-corrected chi connectivity index (χ2v) is 11.0. The number of carbonyl (C=O) groups excluding carboxylic acids is 2. The number of fused-ring (bicyclic) bond motifs is 1. The molecule has 0 saturated heterocycles. The summed E-state index contributed by atoms with van der Waals surface area (Å²) in [4.78, 5) is 34.0. The molecular formula is C22H28N4O6S. The van der Waals surface area contributed by atoms with E-state index in [0.29, 0.717) is 23.6 Å². The normalized spacial score (nSPS) is 13.9. The predicted molar refractivity (Wildman–Crippen MR) is 122 cm³/mol. The van der Waals surface area contributed by atoms with Gasteiger partial charge in [0.15, 0.2) is 0 Å². The van der Waals surface area contributed by atoms with Crippen molar-refractivity contribution in [3.63, 3.8) is 0 Å². The summed E-state index contributed by atoms with van der Waals surface area (Å²) in [5.74, 6) is 0.553. The summed E-state index contributed by atoms with van der Waals surface area (Å²) >= 11 is 0. The van der Waals surface area contributed by atoms with Gasteiger partial charge < -0.3 is 19.7 Å². The number of rotatable bonds is 7. The first kappa shape index (κ1) is 24.4. The van der Waals surface area contributed by atoms with Crippen molar-refractivity contribution in [2.45, 2.75) is 45.8 Å². The van der Waals surface area contributed by atoms with Gasteiger partial charge in [-0.2, -0.15) is 0 Å². The highest BCUT2D eigenvalue weighted by Crippen LogP contribution is 2.36. The zero-order valence-corrected chi connectivity index (χ0v) is 19.9. The van der Waals surface area contributed by atoms with Gasteiger partial charge in [0.25, 0.3) is 0 Å². The van der Waals surface area contributed by atoms with Crippen molar-refractivity contribution in [2.75, 3.05) is 23.5 Å². The molecule has 0 bridgehead atoms. The Balaban J connectivity index is 1.74. The van der Waals surface area contributed by atoms with Gasteiger partial charge in [0, 0.05) is 30.9 Å². The Bertz CT molecular complexity index is 1140. The van der Waals surface area contributed by atoms with E-state index >= 15 is 0 Å². The van der Waals surface area contributed by atoms with Crippen molar-refractivity contribution in [1.82, 2.24) is 15.3 Å². The van der Waals surface area contributed by atoms with Crippen LogP contribution in [0.4, 0.5) is 10.5 Å². The van der Waals surface area contributed by atoms with Crippen LogP contribution in [0.3, 0.4) is 0 Å². The minimum atomic E-state index is -3.22. The lowest BCUT2D eigenvalue weighted by atomic mass is 10.00. The van der Waals surface area contributed by atoms with E-state index in [1.54, 1.807) is 45.0 Å². The van der Waals surface area contributed by atoms with Crippen LogP contribution in [0, 0.1) is 0 Å². The molecule has 0 unspecified atom stereocenters. The fourth-order valence-corrected chi connectivity index (χ4v) is 3.79. The second kappa shape index (κ2) is 9.74. The second-order valence-electron chi connectivity index (χ2n) is 8.73. The number of hydrogen-bond donors (Lipinski definition) is 1. The highest BCUT2D eigenvalue weighted by atomic mass is 32.2. The Morgan fingerprint density at radius 2 is 1.97 bits per heavy atom. The third kappa shape index (κ3) is 7.14. The molecule has 0 saturated carbocycles. The number of hydrogen-bond acceptors (Lipinski definition) is 8. The largest absolute Gasteiger partial charge is 0.444 e. The first-order chi connectivity index (χ1) is 15.4. The molecule has 0 spiro atoms. The Morgan fingerprint density at radius 3 is 2.67 bits per heavy atom. The quantitative estimate of drug-likeness (QED) is 0.646. The maximum Gasteiger partial charge on any atom is 0.407 e. The Morgan fingerprint density at radius 1 is 1.21 bits per heavy atom. The molecule has 11 heteroatoms. The highest BCUT2D eigenvalue weighted by Gasteiger charge is 2.27. The molecular weight excluding hydrogens is 448 g/mol. The number of nitrogens with zero attached hydrogens (tertiary/aromatic N) is 3. The first-order valence-corrected chi connectivity index (χ1v) is 12.5. The molecule has 0 atom stereocenters. The van der Waals surface area contributed by atoms with E-state index in [9.17, 15) is 18.0 Å². The van der Waals surface area contributed by atoms with Gasteiger partial charge in [0.1, 0.15) is 27.5 Å². The number of sulfone groups is 1. The number of anilines is 1. The monoisotopic (exact) mass is 476 g/mol. The number of amides is 2. The topological polar surface area (TPSA) is 128 Å². The average molecular weight is 477 g/mol. The Kier molecular flexibility index (Phi) is 7.21. The van der Waals surface area contributed by atoms with Crippen LogP contribution in [0.15, 0.2) is 30.6 Å². The summed E-state index contributed by atoms with van der Waals surface area (Å²) in [5, 5.41) is 2.63. The molecule has 33 heavy (non-hydrogen) atoms. The summed E-state index contributed by atoms with van der Waals surface area (Å²) in [6.45, 7) is 5.55. The van der Waals surface area contributed by atoms with Gasteiger partial charge in [-0.05, 0) is 39.3 Å². The Hall–Kier alpha value is -3.21. The van der Waals surface area contributed by atoms with Gasteiger partial charge >= 0.3 is 6.09 Å². The maximum atomic E-state index is 12.4. The molecule has 1 aromatic carbocycles. The Labute approximate surface area is 193 Å². The molecule has 178 valence electrons. The van der Waals surface area contributed by atoms with Crippen molar-refractivity contribution in [3.05, 3.63) is 41.9 Å². The van der Waals surface area contributed by atoms with Gasteiger partial charge in [0.2, 0.25) is 11.8 Å². The molecule has 0 radical (unpaired) electrons. The van der Waals surface area contributed by atoms with Gasteiger partial charge in [-0.1, -0.05) is 6.07 Å². The van der Waals surface area contributed by atoms with Gasteiger partial charge in [-0.25, -0.2) is 23.2 Å². The van der Waals surface area contributed by atoms with E-state index in [2.05, 4.69) is 15.3 Å². The molecule has 1 N–H and O–H groups in total. The van der Waals surface area contributed by atoms with E-state index < -0.39 is 21.5 Å². The summed E-state index contributed by atoms with van der Waals surface area (Å²) < 4.78 is 34.4. The van der Waals surface area contributed by atoms with E-state index in [1.807, 2.05) is 0 Å². The van der Waals surface area contributed by atoms with Crippen molar-refractivity contribution in [1.29, 1.82) is 0 Å². The predicted octanol–water partition coefficient (Wildman–Crippen LogP) is 2.62. The molecule has 3 rings (SSSR count). The molecule has 10 nitrogen and oxygen atoms in total. The zero-order valence-electron chi connectivity index (χ0n) is 19.1. The summed E-state index contributed by atoms with van der Waals surface area (Å²) in [6.07, 6.45) is 2.65. The molecule has 0 fully saturated rings. The summed E-state index contributed by atoms with van der Waals surface area (Å²) in [5.41, 5.74) is 1.36. The van der Waals surface area contributed by atoms with E-state index in [1.165, 1.54) is 11.2 Å². The minimum absolute atomic E-state index is 0.0854. The van der Waals surface area contributed by atoms with Crippen LogP contribution < -0.4 is 15.0 Å². The fourth-order valence-electron chi connectivity index (χ4n) is 3.28. The van der Waals surface area contributed by atoms with Crippen molar-refractivity contribution >= 4 is 27.5 Å². The number of nitrogens with one attached hydrogen (secondary N) is 1. The van der Waals surface area contributed by atoms with Crippen LogP contribution in [-0.4, -0.2) is 54.5 Å². The van der Waals surface area contributed by atoms with Crippen LogP contribution in [0.2, 0.25) is 0 Å². The zero-order chi connectivity index (χ0) is 24.2. The lowest BCUT2D eigenvalue weighted by Crippen LogP contribution is -2.38. The van der Waals surface area contributed by atoms with Crippen molar-refractivity contribution in [3.8, 4) is 11.6 Å². The molecule has 2 heterocycles. The van der Waals surface area contributed by atoms with Crippen LogP contribution in [-0.2, 0) is 32.3 Å². The maximum absolute atomic E-state index is 12.4. The molecule has 1 aliphatic heterocycles. The standard InChI is InChI=1S/C22H28N4O6S/c1-22(2,3)32-21(28)23-13-15-12-19(25-14-24-15)31-18-7-5-6-17-16(18)8-9-20(27)26(17)10-11-33(4,29)30/h5-7,12,14H,8-11,13H2,1-4H3,(H,23,28). The lowest BCUT2D eigenvalue weighted by molar-refractivity contribution is -0.118. The summed E-state index contributed by atoms with van der Waals surface area (Å²) in [6, 6.07) is 6.89. The number of carbonyl (C=O) groups is 2. The number of aromatic nitrogens is 2. The molecule has 2 aromatic rings. The van der Waals surface area contributed by atoms with Crippen LogP contribution in [0.25, 0.3) is 0 Å². The molecule has 1 aliphatic rings. The average Bonchev–Trinajstić information content (AvgIpc) is 2.70.